The van der Waals surface area contributed by atoms with Crippen LogP contribution in [0.25, 0.3) is 22.6 Å². The minimum absolute atomic E-state index is 0.343. The van der Waals surface area contributed by atoms with Gasteiger partial charge < -0.3 is 14.5 Å². The van der Waals surface area contributed by atoms with E-state index in [1.165, 1.54) is 12.7 Å². The van der Waals surface area contributed by atoms with Gasteiger partial charge in [-0.1, -0.05) is 43.1 Å². The van der Waals surface area contributed by atoms with Crippen molar-refractivity contribution in [3.63, 3.8) is 0 Å². The van der Waals surface area contributed by atoms with E-state index in [2.05, 4.69) is 36.3 Å². The van der Waals surface area contributed by atoms with Crippen LogP contribution in [0.5, 0.6) is 5.75 Å². The van der Waals surface area contributed by atoms with Gasteiger partial charge in [-0.05, 0) is 66.4 Å². The lowest BCUT2D eigenvalue weighted by Crippen LogP contribution is -2.12. The molecule has 0 bridgehead atoms. The minimum atomic E-state index is -0.343. The predicted octanol–water partition coefficient (Wildman–Crippen LogP) is 7.58. The maximum absolute atomic E-state index is 12.7. The third-order valence-electron chi connectivity index (χ3n) is 5.47. The van der Waals surface area contributed by atoms with E-state index in [-0.39, 0.29) is 5.91 Å². The number of fused-ring (bicyclic) bond motifs is 1. The molecule has 5 nitrogen and oxygen atoms in total. The van der Waals surface area contributed by atoms with E-state index in [1.807, 2.05) is 12.1 Å². The highest BCUT2D eigenvalue weighted by Crippen LogP contribution is 2.32. The van der Waals surface area contributed by atoms with Gasteiger partial charge in [0.05, 0.1) is 22.8 Å². The fraction of sp³-hybridized carbons (Fsp3) is 0.200. The van der Waals surface area contributed by atoms with Crippen LogP contribution in [0.1, 0.15) is 42.1 Å². The van der Waals surface area contributed by atoms with Gasteiger partial charge in [-0.2, -0.15) is 0 Å². The number of carbonyl (C=O) groups excluding carboxylic acids is 1. The third kappa shape index (κ3) is 4.45. The number of amides is 1. The number of halogens is 2. The number of oxazole rings is 1. The molecule has 0 radical (unpaired) electrons. The Morgan fingerprint density at radius 3 is 2.62 bits per heavy atom. The molecule has 0 saturated heterocycles. The van der Waals surface area contributed by atoms with Crippen molar-refractivity contribution in [1.82, 2.24) is 4.98 Å². The number of rotatable bonds is 6. The molecule has 0 saturated carbocycles. The molecule has 3 aromatic carbocycles. The van der Waals surface area contributed by atoms with Crippen LogP contribution in [-0.4, -0.2) is 18.0 Å². The first-order chi connectivity index (χ1) is 15.4. The van der Waals surface area contributed by atoms with Crippen LogP contribution in [0.2, 0.25) is 10.0 Å². The van der Waals surface area contributed by atoms with Crippen LogP contribution in [0, 0.1) is 0 Å². The number of hydrogen-bond donors (Lipinski definition) is 1. The normalized spacial score (nSPS) is 12.0. The van der Waals surface area contributed by atoms with E-state index in [0.29, 0.717) is 50.0 Å². The summed E-state index contributed by atoms with van der Waals surface area (Å²) in [6.07, 6.45) is 1.05. The molecule has 164 valence electrons. The molecule has 32 heavy (non-hydrogen) atoms. The zero-order chi connectivity index (χ0) is 22.8. The van der Waals surface area contributed by atoms with E-state index in [4.69, 9.17) is 32.4 Å². The second-order valence-electron chi connectivity index (χ2n) is 7.55. The molecule has 1 heterocycles. The zero-order valence-electron chi connectivity index (χ0n) is 17.9. The minimum Gasteiger partial charge on any atom is -0.495 e. The molecular formula is C25H22Cl2N2O3. The number of nitrogens with one attached hydrogen (secondary N) is 1. The lowest BCUT2D eigenvalue weighted by Gasteiger charge is -2.10. The van der Waals surface area contributed by atoms with Gasteiger partial charge >= 0.3 is 0 Å². The molecule has 0 aliphatic heterocycles. The predicted molar refractivity (Wildman–Crippen MR) is 129 cm³/mol. The fourth-order valence-corrected chi connectivity index (χ4v) is 3.79. The van der Waals surface area contributed by atoms with Crippen molar-refractivity contribution in [2.75, 3.05) is 12.4 Å². The summed E-state index contributed by atoms with van der Waals surface area (Å²) in [4.78, 5) is 17.4. The molecule has 0 aliphatic rings. The van der Waals surface area contributed by atoms with Crippen molar-refractivity contribution in [3.8, 4) is 17.2 Å². The van der Waals surface area contributed by atoms with Gasteiger partial charge in [-0.3, -0.25) is 4.79 Å². The maximum Gasteiger partial charge on any atom is 0.255 e. The van der Waals surface area contributed by atoms with Gasteiger partial charge in [-0.15, -0.1) is 0 Å². The Morgan fingerprint density at radius 1 is 1.09 bits per heavy atom. The highest BCUT2D eigenvalue weighted by atomic mass is 35.5. The molecule has 0 fully saturated rings. The van der Waals surface area contributed by atoms with Crippen molar-refractivity contribution in [3.05, 3.63) is 75.8 Å². The molecule has 1 aromatic heterocycles. The van der Waals surface area contributed by atoms with Crippen molar-refractivity contribution in [1.29, 1.82) is 0 Å². The molecule has 0 unspecified atom stereocenters. The number of carbonyl (C=O) groups is 1. The summed E-state index contributed by atoms with van der Waals surface area (Å²) in [5.41, 5.74) is 4.27. The van der Waals surface area contributed by atoms with Crippen molar-refractivity contribution >= 4 is 45.9 Å². The lowest BCUT2D eigenvalue weighted by molar-refractivity contribution is 0.102. The first-order valence-electron chi connectivity index (χ1n) is 10.2. The monoisotopic (exact) mass is 468 g/mol. The van der Waals surface area contributed by atoms with E-state index >= 15 is 0 Å². The highest BCUT2D eigenvalue weighted by molar-refractivity contribution is 6.34. The average molecular weight is 469 g/mol. The summed E-state index contributed by atoms with van der Waals surface area (Å²) in [5, 5.41) is 3.58. The maximum atomic E-state index is 12.7. The highest BCUT2D eigenvalue weighted by Gasteiger charge is 2.15. The number of nitrogens with zero attached hydrogens (tertiary/aromatic N) is 1. The SMILES string of the molecule is CC[C@@H](C)c1ccc2oc(-c3ccc(Cl)c(NC(=O)c4ccc(OC)c(Cl)c4)c3)nc2c1. The summed E-state index contributed by atoms with van der Waals surface area (Å²) in [6.45, 7) is 4.35. The Bertz CT molecular complexity index is 1300. The Kier molecular flexibility index (Phi) is 6.40. The van der Waals surface area contributed by atoms with Gasteiger partial charge in [0.2, 0.25) is 5.89 Å². The standard InChI is InChI=1S/C25H22Cl2N2O3/c1-4-14(2)15-6-10-23-21(12-15)29-25(32-23)17-5-8-18(26)20(13-17)28-24(30)16-7-9-22(31-3)19(27)11-16/h5-14H,4H2,1-3H3,(H,28,30)/t14-/m1/s1. The number of aromatic nitrogens is 1. The Balaban J connectivity index is 1.62. The molecule has 1 N–H and O–H groups in total. The van der Waals surface area contributed by atoms with Crippen LogP contribution >= 0.6 is 23.2 Å². The average Bonchev–Trinajstić information content (AvgIpc) is 3.23. The summed E-state index contributed by atoms with van der Waals surface area (Å²) in [6, 6.07) is 16.1. The van der Waals surface area contributed by atoms with E-state index in [1.54, 1.807) is 30.3 Å². The first kappa shape index (κ1) is 22.2. The molecule has 4 aromatic rings. The topological polar surface area (TPSA) is 64.4 Å². The number of benzene rings is 3. The van der Waals surface area contributed by atoms with Crippen LogP contribution in [0.15, 0.2) is 59.0 Å². The Labute approximate surface area is 196 Å². The molecular weight excluding hydrogens is 447 g/mol. The quantitative estimate of drug-likeness (QED) is 0.316. The second-order valence-corrected chi connectivity index (χ2v) is 8.37. The van der Waals surface area contributed by atoms with Gasteiger partial charge in [0, 0.05) is 11.1 Å². The van der Waals surface area contributed by atoms with Crippen LogP contribution in [0.3, 0.4) is 0 Å². The molecule has 1 amide bonds. The van der Waals surface area contributed by atoms with Crippen molar-refractivity contribution in [2.24, 2.45) is 0 Å². The number of methoxy groups -OCH3 is 1. The number of hydrogen-bond acceptors (Lipinski definition) is 4. The van der Waals surface area contributed by atoms with Gasteiger partial charge in [0.15, 0.2) is 5.58 Å². The van der Waals surface area contributed by atoms with E-state index in [9.17, 15) is 4.79 Å². The fourth-order valence-electron chi connectivity index (χ4n) is 3.37. The summed E-state index contributed by atoms with van der Waals surface area (Å²) >= 11 is 12.5. The van der Waals surface area contributed by atoms with Gasteiger partial charge in [-0.25, -0.2) is 4.98 Å². The zero-order valence-corrected chi connectivity index (χ0v) is 19.4. The van der Waals surface area contributed by atoms with Gasteiger partial charge in [0.25, 0.3) is 5.91 Å². The van der Waals surface area contributed by atoms with E-state index < -0.39 is 0 Å². The third-order valence-corrected chi connectivity index (χ3v) is 6.09. The number of ether oxygens (including phenoxy) is 1. The number of anilines is 1. The molecule has 4 rings (SSSR count). The van der Waals surface area contributed by atoms with Crippen molar-refractivity contribution in [2.45, 2.75) is 26.2 Å². The Hall–Kier alpha value is -3.02. The van der Waals surface area contributed by atoms with Gasteiger partial charge in [0.1, 0.15) is 11.3 Å². The van der Waals surface area contributed by atoms with Crippen LogP contribution in [-0.2, 0) is 0 Å². The summed E-state index contributed by atoms with van der Waals surface area (Å²) in [7, 11) is 1.52. The van der Waals surface area contributed by atoms with Crippen molar-refractivity contribution < 1.29 is 13.9 Å². The lowest BCUT2D eigenvalue weighted by atomic mass is 9.98. The second kappa shape index (κ2) is 9.23. The first-order valence-corrected chi connectivity index (χ1v) is 11.0. The largest absolute Gasteiger partial charge is 0.495 e. The summed E-state index contributed by atoms with van der Waals surface area (Å²) < 4.78 is 11.1. The van der Waals surface area contributed by atoms with Crippen LogP contribution < -0.4 is 10.1 Å². The van der Waals surface area contributed by atoms with E-state index in [0.717, 1.165) is 11.9 Å². The molecule has 1 atom stereocenters. The molecule has 7 heteroatoms. The molecule has 0 spiro atoms. The summed E-state index contributed by atoms with van der Waals surface area (Å²) in [5.74, 6) is 1.06. The van der Waals surface area contributed by atoms with Crippen LogP contribution in [0.4, 0.5) is 5.69 Å². The molecule has 0 aliphatic carbocycles. The Morgan fingerprint density at radius 2 is 1.91 bits per heavy atom. The smallest absolute Gasteiger partial charge is 0.255 e.